The lowest BCUT2D eigenvalue weighted by Gasteiger charge is -2.09. The number of hydrogen-bond donors (Lipinski definition) is 2. The second-order valence-corrected chi connectivity index (χ2v) is 5.41. The number of nitrogens with one attached hydrogen (secondary N) is 2. The predicted octanol–water partition coefficient (Wildman–Crippen LogP) is -0.228. The highest BCUT2D eigenvalue weighted by Gasteiger charge is 2.01. The summed E-state index contributed by atoms with van der Waals surface area (Å²) >= 11 is 0. The quantitative estimate of drug-likeness (QED) is 0.288. The lowest BCUT2D eigenvalue weighted by molar-refractivity contribution is 0.598. The zero-order chi connectivity index (χ0) is 11.7. The molecule has 6 heteroatoms. The Hall–Kier alpha value is -1.04. The SMILES string of the molecule is C=CCNC(=NC)NCCCS(C)(=O)=O. The number of rotatable bonds is 6. The molecule has 0 bridgehead atoms. The van der Waals surface area contributed by atoms with Crippen LogP contribution in [0.1, 0.15) is 6.42 Å². The zero-order valence-corrected chi connectivity index (χ0v) is 10.1. The van der Waals surface area contributed by atoms with E-state index in [1.165, 1.54) is 6.26 Å². The first-order chi connectivity index (χ1) is 6.99. The van der Waals surface area contributed by atoms with Crippen molar-refractivity contribution in [1.29, 1.82) is 0 Å². The number of aliphatic imine (C=N–C) groups is 1. The van der Waals surface area contributed by atoms with Gasteiger partial charge in [-0.05, 0) is 6.42 Å². The molecule has 0 aliphatic carbocycles. The lowest BCUT2D eigenvalue weighted by Crippen LogP contribution is -2.38. The van der Waals surface area contributed by atoms with Gasteiger partial charge in [-0.15, -0.1) is 6.58 Å². The molecule has 0 radical (unpaired) electrons. The predicted molar refractivity (Wildman–Crippen MR) is 63.9 cm³/mol. The highest BCUT2D eigenvalue weighted by Crippen LogP contribution is 1.86. The molecule has 0 rings (SSSR count). The summed E-state index contributed by atoms with van der Waals surface area (Å²) < 4.78 is 21.7. The molecule has 0 fully saturated rings. The maximum absolute atomic E-state index is 10.8. The van der Waals surface area contributed by atoms with Crippen LogP contribution < -0.4 is 10.6 Å². The lowest BCUT2D eigenvalue weighted by atomic mass is 10.5. The Morgan fingerprint density at radius 2 is 2.13 bits per heavy atom. The molecule has 0 saturated carbocycles. The smallest absolute Gasteiger partial charge is 0.191 e. The fourth-order valence-corrected chi connectivity index (χ4v) is 1.60. The van der Waals surface area contributed by atoms with Gasteiger partial charge in [-0.1, -0.05) is 6.08 Å². The summed E-state index contributed by atoms with van der Waals surface area (Å²) in [5.74, 6) is 0.849. The molecule has 0 aromatic rings. The van der Waals surface area contributed by atoms with E-state index in [-0.39, 0.29) is 5.75 Å². The van der Waals surface area contributed by atoms with Crippen LogP contribution in [0.15, 0.2) is 17.6 Å². The normalized spacial score (nSPS) is 12.3. The zero-order valence-electron chi connectivity index (χ0n) is 9.28. The summed E-state index contributed by atoms with van der Waals surface area (Å²) in [4.78, 5) is 3.96. The summed E-state index contributed by atoms with van der Waals surface area (Å²) in [5.41, 5.74) is 0. The van der Waals surface area contributed by atoms with Crippen LogP contribution in [0.5, 0.6) is 0 Å². The number of sulfone groups is 1. The van der Waals surface area contributed by atoms with Crippen LogP contribution >= 0.6 is 0 Å². The van der Waals surface area contributed by atoms with E-state index >= 15 is 0 Å². The Morgan fingerprint density at radius 3 is 2.60 bits per heavy atom. The minimum atomic E-state index is -2.86. The van der Waals surface area contributed by atoms with Gasteiger partial charge in [0.25, 0.3) is 0 Å². The molecule has 15 heavy (non-hydrogen) atoms. The topological polar surface area (TPSA) is 70.6 Å². The summed E-state index contributed by atoms with van der Waals surface area (Å²) in [6.07, 6.45) is 3.54. The minimum Gasteiger partial charge on any atom is -0.356 e. The van der Waals surface area contributed by atoms with Crippen LogP contribution in [0.3, 0.4) is 0 Å². The third kappa shape index (κ3) is 9.27. The molecule has 0 unspecified atom stereocenters. The summed E-state index contributed by atoms with van der Waals surface area (Å²) in [5, 5.41) is 5.99. The third-order valence-electron chi connectivity index (χ3n) is 1.62. The van der Waals surface area contributed by atoms with Crippen molar-refractivity contribution in [3.05, 3.63) is 12.7 Å². The molecule has 0 spiro atoms. The Morgan fingerprint density at radius 1 is 1.47 bits per heavy atom. The van der Waals surface area contributed by atoms with Gasteiger partial charge in [-0.3, -0.25) is 4.99 Å². The van der Waals surface area contributed by atoms with E-state index in [9.17, 15) is 8.42 Å². The number of hydrogen-bond acceptors (Lipinski definition) is 3. The van der Waals surface area contributed by atoms with Crippen LogP contribution in [0.2, 0.25) is 0 Å². The van der Waals surface area contributed by atoms with Crippen molar-refractivity contribution in [2.75, 3.05) is 32.1 Å². The minimum absolute atomic E-state index is 0.193. The van der Waals surface area contributed by atoms with Crippen molar-refractivity contribution in [2.45, 2.75) is 6.42 Å². The second kappa shape index (κ2) is 7.28. The molecule has 0 aromatic heterocycles. The van der Waals surface area contributed by atoms with Crippen molar-refractivity contribution < 1.29 is 8.42 Å². The maximum atomic E-state index is 10.8. The number of guanidine groups is 1. The standard InChI is InChI=1S/C9H19N3O2S/c1-4-6-11-9(10-2)12-7-5-8-15(3,13)14/h4H,1,5-8H2,2-3H3,(H2,10,11,12). The van der Waals surface area contributed by atoms with E-state index in [0.717, 1.165) is 0 Å². The van der Waals surface area contributed by atoms with Gasteiger partial charge in [0, 0.05) is 26.4 Å². The number of nitrogens with zero attached hydrogens (tertiary/aromatic N) is 1. The highest BCUT2D eigenvalue weighted by molar-refractivity contribution is 7.90. The van der Waals surface area contributed by atoms with Gasteiger partial charge in [0.15, 0.2) is 5.96 Å². The van der Waals surface area contributed by atoms with Gasteiger partial charge >= 0.3 is 0 Å². The van der Waals surface area contributed by atoms with E-state index in [0.29, 0.717) is 25.5 Å². The fraction of sp³-hybridized carbons (Fsp3) is 0.667. The summed E-state index contributed by atoms with van der Waals surface area (Å²) in [6.45, 7) is 4.79. The molecular weight excluding hydrogens is 214 g/mol. The Labute approximate surface area is 91.6 Å². The van der Waals surface area contributed by atoms with Crippen molar-refractivity contribution in [3.63, 3.8) is 0 Å². The van der Waals surface area contributed by atoms with Gasteiger partial charge in [0.2, 0.25) is 0 Å². The van der Waals surface area contributed by atoms with Crippen molar-refractivity contribution in [2.24, 2.45) is 4.99 Å². The van der Waals surface area contributed by atoms with Crippen LogP contribution in [0.25, 0.3) is 0 Å². The average Bonchev–Trinajstić information content (AvgIpc) is 2.15. The van der Waals surface area contributed by atoms with Crippen molar-refractivity contribution in [3.8, 4) is 0 Å². The van der Waals surface area contributed by atoms with Crippen LogP contribution in [-0.4, -0.2) is 46.5 Å². The largest absolute Gasteiger partial charge is 0.356 e. The highest BCUT2D eigenvalue weighted by atomic mass is 32.2. The van der Waals surface area contributed by atoms with Crippen LogP contribution in [0.4, 0.5) is 0 Å². The molecule has 0 aliphatic rings. The van der Waals surface area contributed by atoms with Gasteiger partial charge in [-0.25, -0.2) is 8.42 Å². The second-order valence-electron chi connectivity index (χ2n) is 3.15. The average molecular weight is 233 g/mol. The summed E-state index contributed by atoms with van der Waals surface area (Å²) in [7, 11) is -1.20. The third-order valence-corrected chi connectivity index (χ3v) is 2.65. The molecule has 88 valence electrons. The molecule has 2 N–H and O–H groups in total. The first kappa shape index (κ1) is 14.0. The Bertz CT molecular complexity index is 309. The first-order valence-electron chi connectivity index (χ1n) is 4.72. The van der Waals surface area contributed by atoms with Crippen molar-refractivity contribution >= 4 is 15.8 Å². The molecule has 0 aliphatic heterocycles. The van der Waals surface area contributed by atoms with E-state index in [2.05, 4.69) is 22.2 Å². The van der Waals surface area contributed by atoms with E-state index in [4.69, 9.17) is 0 Å². The molecule has 0 saturated heterocycles. The molecule has 0 heterocycles. The van der Waals surface area contributed by atoms with Gasteiger partial charge in [-0.2, -0.15) is 0 Å². The fourth-order valence-electron chi connectivity index (χ4n) is 0.931. The molecule has 0 atom stereocenters. The molecule has 5 nitrogen and oxygen atoms in total. The van der Waals surface area contributed by atoms with E-state index in [1.54, 1.807) is 13.1 Å². The van der Waals surface area contributed by atoms with Gasteiger partial charge in [0.05, 0.1) is 5.75 Å². The molecule has 0 aromatic carbocycles. The van der Waals surface area contributed by atoms with E-state index < -0.39 is 9.84 Å². The van der Waals surface area contributed by atoms with Gasteiger partial charge < -0.3 is 10.6 Å². The summed E-state index contributed by atoms with van der Waals surface area (Å²) in [6, 6.07) is 0. The van der Waals surface area contributed by atoms with E-state index in [1.807, 2.05) is 0 Å². The maximum Gasteiger partial charge on any atom is 0.191 e. The van der Waals surface area contributed by atoms with Gasteiger partial charge in [0.1, 0.15) is 9.84 Å². The van der Waals surface area contributed by atoms with Crippen LogP contribution in [-0.2, 0) is 9.84 Å². The monoisotopic (exact) mass is 233 g/mol. The Balaban J connectivity index is 3.69. The molecule has 0 amide bonds. The Kier molecular flexibility index (Phi) is 6.77. The van der Waals surface area contributed by atoms with Crippen LogP contribution in [0, 0.1) is 0 Å². The first-order valence-corrected chi connectivity index (χ1v) is 6.79. The molecular formula is C9H19N3O2S. The van der Waals surface area contributed by atoms with Crippen molar-refractivity contribution in [1.82, 2.24) is 10.6 Å².